The van der Waals surface area contributed by atoms with E-state index in [0.29, 0.717) is 15.4 Å². The number of amidine groups is 1. The van der Waals surface area contributed by atoms with Gasteiger partial charge in [0, 0.05) is 15.4 Å². The maximum atomic E-state index is 13.2. The third-order valence-corrected chi connectivity index (χ3v) is 3.69. The molecule has 0 saturated carbocycles. The summed E-state index contributed by atoms with van der Waals surface area (Å²) in [6.45, 7) is 1.89. The number of hydrogen-bond acceptors (Lipinski definition) is 3. The number of halogens is 2. The van der Waals surface area contributed by atoms with E-state index in [2.05, 4.69) is 5.16 Å². The third kappa shape index (κ3) is 3.08. The molecule has 2 aromatic carbocycles. The molecule has 3 nitrogen and oxygen atoms in total. The van der Waals surface area contributed by atoms with Gasteiger partial charge in [-0.15, -0.1) is 0 Å². The Morgan fingerprint density at radius 2 is 1.90 bits per heavy atom. The minimum Gasteiger partial charge on any atom is -0.409 e. The summed E-state index contributed by atoms with van der Waals surface area (Å²) in [5, 5.41) is 11.7. The molecule has 6 heteroatoms. The van der Waals surface area contributed by atoms with E-state index < -0.39 is 11.6 Å². The molecule has 0 spiro atoms. The van der Waals surface area contributed by atoms with Crippen LogP contribution in [-0.4, -0.2) is 11.0 Å². The average molecular weight is 294 g/mol. The second-order valence-electron chi connectivity index (χ2n) is 4.16. The molecule has 0 bridgehead atoms. The van der Waals surface area contributed by atoms with E-state index in [1.54, 1.807) is 6.07 Å². The van der Waals surface area contributed by atoms with Gasteiger partial charge in [-0.25, -0.2) is 8.78 Å². The van der Waals surface area contributed by atoms with Crippen molar-refractivity contribution in [2.45, 2.75) is 16.7 Å². The lowest BCUT2D eigenvalue weighted by molar-refractivity contribution is 0.318. The van der Waals surface area contributed by atoms with Crippen molar-refractivity contribution in [3.8, 4) is 0 Å². The number of hydrogen-bond donors (Lipinski definition) is 2. The van der Waals surface area contributed by atoms with Crippen molar-refractivity contribution in [2.75, 3.05) is 0 Å². The minimum absolute atomic E-state index is 0.0323. The summed E-state index contributed by atoms with van der Waals surface area (Å²) in [5.41, 5.74) is 7.12. The topological polar surface area (TPSA) is 58.6 Å². The molecule has 0 fully saturated rings. The summed E-state index contributed by atoms with van der Waals surface area (Å²) in [4.78, 5) is 1.23. The Kier molecular flexibility index (Phi) is 4.24. The van der Waals surface area contributed by atoms with Crippen LogP contribution in [0, 0.1) is 18.6 Å². The Hall–Kier alpha value is -2.08. The van der Waals surface area contributed by atoms with Crippen LogP contribution in [0.3, 0.4) is 0 Å². The summed E-state index contributed by atoms with van der Waals surface area (Å²) in [6.07, 6.45) is 0. The molecule has 0 aromatic heterocycles. The largest absolute Gasteiger partial charge is 0.409 e. The van der Waals surface area contributed by atoms with Gasteiger partial charge in [-0.2, -0.15) is 0 Å². The van der Waals surface area contributed by atoms with E-state index in [-0.39, 0.29) is 5.84 Å². The van der Waals surface area contributed by atoms with Gasteiger partial charge in [0.2, 0.25) is 0 Å². The Balaban J connectivity index is 2.41. The predicted molar refractivity (Wildman–Crippen MR) is 74.2 cm³/mol. The van der Waals surface area contributed by atoms with Gasteiger partial charge in [-0.3, -0.25) is 0 Å². The zero-order chi connectivity index (χ0) is 14.7. The van der Waals surface area contributed by atoms with Crippen LogP contribution in [0.1, 0.15) is 11.1 Å². The zero-order valence-corrected chi connectivity index (χ0v) is 11.4. The first kappa shape index (κ1) is 14.3. The fourth-order valence-corrected chi connectivity index (χ4v) is 2.73. The van der Waals surface area contributed by atoms with Crippen LogP contribution in [0.5, 0.6) is 0 Å². The average Bonchev–Trinajstić information content (AvgIpc) is 2.42. The molecule has 0 unspecified atom stereocenters. The van der Waals surface area contributed by atoms with Crippen molar-refractivity contribution in [3.63, 3.8) is 0 Å². The molecule has 0 amide bonds. The fourth-order valence-electron chi connectivity index (χ4n) is 1.65. The van der Waals surface area contributed by atoms with Crippen LogP contribution < -0.4 is 5.73 Å². The predicted octanol–water partition coefficient (Wildman–Crippen LogP) is 3.52. The molecule has 0 aliphatic rings. The van der Waals surface area contributed by atoms with Gasteiger partial charge >= 0.3 is 0 Å². The van der Waals surface area contributed by atoms with Gasteiger partial charge in [0.05, 0.1) is 0 Å². The smallest absolute Gasteiger partial charge is 0.171 e. The highest BCUT2D eigenvalue weighted by atomic mass is 32.2. The highest BCUT2D eigenvalue weighted by Crippen LogP contribution is 2.32. The standard InChI is InChI=1S/C14H12F2N2OS/c1-8-2-4-10(14(17)18-19)13(6-8)20-9-3-5-11(15)12(16)7-9/h2-7,19H,1H3,(H2,17,18). The Morgan fingerprint density at radius 3 is 2.55 bits per heavy atom. The van der Waals surface area contributed by atoms with Crippen molar-refractivity contribution < 1.29 is 14.0 Å². The quantitative estimate of drug-likeness (QED) is 0.394. The molecule has 2 aromatic rings. The molecule has 3 N–H and O–H groups in total. The minimum atomic E-state index is -0.909. The van der Waals surface area contributed by atoms with Crippen molar-refractivity contribution in [3.05, 3.63) is 59.2 Å². The van der Waals surface area contributed by atoms with Crippen molar-refractivity contribution >= 4 is 17.6 Å². The van der Waals surface area contributed by atoms with Gasteiger partial charge in [-0.05, 0) is 42.8 Å². The zero-order valence-electron chi connectivity index (χ0n) is 10.6. The third-order valence-electron chi connectivity index (χ3n) is 2.64. The lowest BCUT2D eigenvalue weighted by Gasteiger charge is -2.09. The van der Waals surface area contributed by atoms with E-state index >= 15 is 0 Å². The Labute approximate surface area is 119 Å². The maximum Gasteiger partial charge on any atom is 0.171 e. The number of nitrogens with zero attached hydrogens (tertiary/aromatic N) is 1. The van der Waals surface area contributed by atoms with Crippen LogP contribution in [0.4, 0.5) is 8.78 Å². The summed E-state index contributed by atoms with van der Waals surface area (Å²) in [7, 11) is 0. The Bertz CT molecular complexity index is 674. The summed E-state index contributed by atoms with van der Waals surface area (Å²) in [5.74, 6) is -1.83. The van der Waals surface area contributed by atoms with Gasteiger partial charge in [0.15, 0.2) is 17.5 Å². The lowest BCUT2D eigenvalue weighted by atomic mass is 10.1. The molecule has 2 rings (SSSR count). The summed E-state index contributed by atoms with van der Waals surface area (Å²) < 4.78 is 26.1. The van der Waals surface area contributed by atoms with Crippen LogP contribution in [-0.2, 0) is 0 Å². The van der Waals surface area contributed by atoms with Crippen molar-refractivity contribution in [1.82, 2.24) is 0 Å². The van der Waals surface area contributed by atoms with Gasteiger partial charge in [0.25, 0.3) is 0 Å². The lowest BCUT2D eigenvalue weighted by Crippen LogP contribution is -2.14. The van der Waals surface area contributed by atoms with Gasteiger partial charge < -0.3 is 10.9 Å². The van der Waals surface area contributed by atoms with E-state index in [4.69, 9.17) is 10.9 Å². The molecular formula is C14H12F2N2OS. The van der Waals surface area contributed by atoms with Crippen LogP contribution in [0.15, 0.2) is 51.3 Å². The highest BCUT2D eigenvalue weighted by molar-refractivity contribution is 7.99. The summed E-state index contributed by atoms with van der Waals surface area (Å²) >= 11 is 1.22. The van der Waals surface area contributed by atoms with Crippen molar-refractivity contribution in [1.29, 1.82) is 0 Å². The maximum absolute atomic E-state index is 13.2. The Morgan fingerprint density at radius 1 is 1.15 bits per heavy atom. The molecular weight excluding hydrogens is 282 g/mol. The number of rotatable bonds is 3. The molecule has 0 atom stereocenters. The molecule has 0 saturated heterocycles. The van der Waals surface area contributed by atoms with E-state index in [0.717, 1.165) is 17.7 Å². The highest BCUT2D eigenvalue weighted by Gasteiger charge is 2.10. The monoisotopic (exact) mass is 294 g/mol. The van der Waals surface area contributed by atoms with E-state index in [1.165, 1.54) is 17.8 Å². The van der Waals surface area contributed by atoms with Crippen LogP contribution in [0.2, 0.25) is 0 Å². The molecule has 0 radical (unpaired) electrons. The van der Waals surface area contributed by atoms with Crippen LogP contribution >= 0.6 is 11.8 Å². The first-order chi connectivity index (χ1) is 9.51. The van der Waals surface area contributed by atoms with Gasteiger partial charge in [0.1, 0.15) is 0 Å². The number of aryl methyl sites for hydroxylation is 1. The fraction of sp³-hybridized carbons (Fsp3) is 0.0714. The van der Waals surface area contributed by atoms with E-state index in [1.807, 2.05) is 19.1 Å². The first-order valence-corrected chi connectivity index (χ1v) is 6.54. The van der Waals surface area contributed by atoms with E-state index in [9.17, 15) is 8.78 Å². The first-order valence-electron chi connectivity index (χ1n) is 5.72. The van der Waals surface area contributed by atoms with Crippen molar-refractivity contribution in [2.24, 2.45) is 10.9 Å². The molecule has 20 heavy (non-hydrogen) atoms. The molecule has 104 valence electrons. The van der Waals surface area contributed by atoms with Crippen LogP contribution in [0.25, 0.3) is 0 Å². The van der Waals surface area contributed by atoms with Gasteiger partial charge in [-0.1, -0.05) is 23.0 Å². The second kappa shape index (κ2) is 5.92. The molecule has 0 aliphatic carbocycles. The SMILES string of the molecule is Cc1ccc(C(N)=NO)c(Sc2ccc(F)c(F)c2)c1. The molecule has 0 heterocycles. The second-order valence-corrected chi connectivity index (χ2v) is 5.28. The number of nitrogens with two attached hydrogens (primary N) is 1. The molecule has 0 aliphatic heterocycles. The normalized spacial score (nSPS) is 11.7. The number of benzene rings is 2. The summed E-state index contributed by atoms with van der Waals surface area (Å²) in [6, 6.07) is 9.02. The number of oxime groups is 1.